The van der Waals surface area contributed by atoms with Crippen LogP contribution in [0.2, 0.25) is 0 Å². The zero-order chi connectivity index (χ0) is 12.1. The van der Waals surface area contributed by atoms with Gasteiger partial charge in [-0.2, -0.15) is 4.37 Å². The van der Waals surface area contributed by atoms with Crippen molar-refractivity contribution in [1.29, 1.82) is 0 Å². The van der Waals surface area contributed by atoms with Crippen molar-refractivity contribution >= 4 is 28.3 Å². The Balaban J connectivity index is 2.91. The maximum Gasteiger partial charge on any atom is 0.257 e. The van der Waals surface area contributed by atoms with Crippen molar-refractivity contribution in [3.63, 3.8) is 0 Å². The maximum atomic E-state index is 11.6. The second-order valence-corrected chi connectivity index (χ2v) is 3.99. The first-order chi connectivity index (χ1) is 7.61. The molecule has 1 rings (SSSR count). The number of ether oxygens (including phenoxy) is 1. The van der Waals surface area contributed by atoms with E-state index in [0.717, 1.165) is 5.00 Å². The molecule has 0 unspecified atom stereocenters. The fourth-order valence-corrected chi connectivity index (χ4v) is 2.02. The molecule has 0 aliphatic carbocycles. The minimum absolute atomic E-state index is 0.217. The molecule has 16 heavy (non-hydrogen) atoms. The molecule has 1 heterocycles. The van der Waals surface area contributed by atoms with Crippen LogP contribution in [0.5, 0.6) is 0 Å². The minimum Gasteiger partial charge on any atom is -0.383 e. The summed E-state index contributed by atoms with van der Waals surface area (Å²) in [7, 11) is 5.07. The first-order valence-corrected chi connectivity index (χ1v) is 5.56. The van der Waals surface area contributed by atoms with E-state index < -0.39 is 0 Å². The van der Waals surface area contributed by atoms with Crippen LogP contribution >= 0.6 is 11.5 Å². The summed E-state index contributed by atoms with van der Waals surface area (Å²) in [6.07, 6.45) is 0. The molecular formula is C9H16N4O2S. The quantitative estimate of drug-likeness (QED) is 0.771. The third-order valence-electron chi connectivity index (χ3n) is 2.13. The SMILES string of the molecule is CNC(=O)c1c(N)nsc1N(C)CCOC. The van der Waals surface area contributed by atoms with Crippen molar-refractivity contribution in [3.05, 3.63) is 5.56 Å². The van der Waals surface area contributed by atoms with E-state index in [2.05, 4.69) is 9.69 Å². The Kier molecular flexibility index (Phi) is 4.51. The third-order valence-corrected chi connectivity index (χ3v) is 3.11. The molecular weight excluding hydrogens is 228 g/mol. The summed E-state index contributed by atoms with van der Waals surface area (Å²) in [5.74, 6) is 0.0501. The molecule has 6 nitrogen and oxygen atoms in total. The van der Waals surface area contributed by atoms with Gasteiger partial charge in [0, 0.05) is 27.7 Å². The molecule has 90 valence electrons. The Hall–Kier alpha value is -1.34. The highest BCUT2D eigenvalue weighted by Crippen LogP contribution is 2.29. The molecule has 0 atom stereocenters. The third kappa shape index (κ3) is 2.61. The van der Waals surface area contributed by atoms with Gasteiger partial charge in [0.2, 0.25) is 0 Å². The Morgan fingerprint density at radius 1 is 1.69 bits per heavy atom. The number of amides is 1. The topological polar surface area (TPSA) is 80.5 Å². The van der Waals surface area contributed by atoms with Gasteiger partial charge in [-0.15, -0.1) is 0 Å². The number of aromatic nitrogens is 1. The predicted molar refractivity (Wildman–Crippen MR) is 65.1 cm³/mol. The Labute approximate surface area is 98.5 Å². The van der Waals surface area contributed by atoms with Crippen molar-refractivity contribution in [2.45, 2.75) is 0 Å². The van der Waals surface area contributed by atoms with Gasteiger partial charge in [0.25, 0.3) is 5.91 Å². The van der Waals surface area contributed by atoms with E-state index in [-0.39, 0.29) is 11.7 Å². The molecule has 0 saturated carbocycles. The van der Waals surface area contributed by atoms with Gasteiger partial charge in [0.1, 0.15) is 10.6 Å². The van der Waals surface area contributed by atoms with E-state index in [4.69, 9.17) is 10.5 Å². The molecule has 1 amide bonds. The Morgan fingerprint density at radius 3 is 2.94 bits per heavy atom. The van der Waals surface area contributed by atoms with Gasteiger partial charge < -0.3 is 20.7 Å². The van der Waals surface area contributed by atoms with Crippen LogP contribution in [0.25, 0.3) is 0 Å². The number of nitrogens with one attached hydrogen (secondary N) is 1. The highest BCUT2D eigenvalue weighted by molar-refractivity contribution is 7.11. The number of carbonyl (C=O) groups is 1. The molecule has 0 fully saturated rings. The molecule has 0 aliphatic rings. The Morgan fingerprint density at radius 2 is 2.38 bits per heavy atom. The molecule has 0 saturated heterocycles. The van der Waals surface area contributed by atoms with Gasteiger partial charge in [-0.3, -0.25) is 4.79 Å². The van der Waals surface area contributed by atoms with Crippen molar-refractivity contribution in [1.82, 2.24) is 9.69 Å². The van der Waals surface area contributed by atoms with Gasteiger partial charge in [-0.25, -0.2) is 0 Å². The molecule has 0 aromatic carbocycles. The number of methoxy groups -OCH3 is 1. The first-order valence-electron chi connectivity index (χ1n) is 4.79. The molecule has 1 aromatic heterocycles. The monoisotopic (exact) mass is 244 g/mol. The van der Waals surface area contributed by atoms with Crippen LogP contribution in [0, 0.1) is 0 Å². The standard InChI is InChI=1S/C9H16N4O2S/c1-11-8(14)6-7(10)12-16-9(6)13(2)4-5-15-3/h4-5H2,1-3H3,(H2,10,12)(H,11,14). The van der Waals surface area contributed by atoms with Crippen LogP contribution in [0.4, 0.5) is 10.8 Å². The second kappa shape index (κ2) is 5.66. The van der Waals surface area contributed by atoms with Crippen LogP contribution in [0.3, 0.4) is 0 Å². The van der Waals surface area contributed by atoms with Crippen LogP contribution in [0.15, 0.2) is 0 Å². The van der Waals surface area contributed by atoms with Crippen LogP contribution in [-0.4, -0.2) is 44.6 Å². The van der Waals surface area contributed by atoms with Crippen molar-refractivity contribution in [2.24, 2.45) is 0 Å². The van der Waals surface area contributed by atoms with Gasteiger partial charge in [0.05, 0.1) is 6.61 Å². The highest BCUT2D eigenvalue weighted by atomic mass is 32.1. The van der Waals surface area contributed by atoms with Crippen molar-refractivity contribution < 1.29 is 9.53 Å². The van der Waals surface area contributed by atoms with Gasteiger partial charge in [-0.05, 0) is 11.5 Å². The van der Waals surface area contributed by atoms with Gasteiger partial charge in [0.15, 0.2) is 5.82 Å². The number of nitrogens with zero attached hydrogens (tertiary/aromatic N) is 2. The lowest BCUT2D eigenvalue weighted by Gasteiger charge is -2.17. The second-order valence-electron chi connectivity index (χ2n) is 3.24. The number of hydrogen-bond acceptors (Lipinski definition) is 6. The lowest BCUT2D eigenvalue weighted by Crippen LogP contribution is -2.26. The van der Waals surface area contributed by atoms with Gasteiger partial charge >= 0.3 is 0 Å². The summed E-state index contributed by atoms with van der Waals surface area (Å²) in [5.41, 5.74) is 6.10. The number of likely N-dealkylation sites (N-methyl/N-ethyl adjacent to an activating group) is 1. The van der Waals surface area contributed by atoms with Gasteiger partial charge in [-0.1, -0.05) is 0 Å². The summed E-state index contributed by atoms with van der Waals surface area (Å²) in [5, 5.41) is 3.31. The molecule has 0 aliphatic heterocycles. The molecule has 3 N–H and O–H groups in total. The van der Waals surface area contributed by atoms with E-state index in [1.54, 1.807) is 14.2 Å². The number of rotatable bonds is 5. The molecule has 7 heteroatoms. The predicted octanol–water partition coefficient (Wildman–Crippen LogP) is 0.167. The summed E-state index contributed by atoms with van der Waals surface area (Å²) >= 11 is 1.21. The maximum absolute atomic E-state index is 11.6. The fraction of sp³-hybridized carbons (Fsp3) is 0.556. The lowest BCUT2D eigenvalue weighted by atomic mass is 10.3. The Bertz CT molecular complexity index is 366. The van der Waals surface area contributed by atoms with Crippen LogP contribution in [-0.2, 0) is 4.74 Å². The van der Waals surface area contributed by atoms with E-state index >= 15 is 0 Å². The van der Waals surface area contributed by atoms with Crippen molar-refractivity contribution in [3.8, 4) is 0 Å². The molecule has 0 spiro atoms. The van der Waals surface area contributed by atoms with E-state index in [1.807, 2.05) is 11.9 Å². The largest absolute Gasteiger partial charge is 0.383 e. The summed E-state index contributed by atoms with van der Waals surface area (Å²) in [4.78, 5) is 13.5. The summed E-state index contributed by atoms with van der Waals surface area (Å²) < 4.78 is 8.97. The minimum atomic E-state index is -0.217. The summed E-state index contributed by atoms with van der Waals surface area (Å²) in [6.45, 7) is 1.27. The van der Waals surface area contributed by atoms with E-state index in [9.17, 15) is 4.79 Å². The summed E-state index contributed by atoms with van der Waals surface area (Å²) in [6, 6.07) is 0. The normalized spacial score (nSPS) is 10.2. The number of anilines is 2. The highest BCUT2D eigenvalue weighted by Gasteiger charge is 2.20. The molecule has 0 bridgehead atoms. The lowest BCUT2D eigenvalue weighted by molar-refractivity contribution is 0.0964. The molecule has 0 radical (unpaired) electrons. The number of carbonyl (C=O) groups excluding carboxylic acids is 1. The van der Waals surface area contributed by atoms with Crippen molar-refractivity contribution in [2.75, 3.05) is 45.0 Å². The average molecular weight is 244 g/mol. The van der Waals surface area contributed by atoms with E-state index in [0.29, 0.717) is 18.7 Å². The average Bonchev–Trinajstić information content (AvgIpc) is 2.67. The first kappa shape index (κ1) is 12.7. The van der Waals surface area contributed by atoms with Crippen LogP contribution in [0.1, 0.15) is 10.4 Å². The molecule has 1 aromatic rings. The number of nitrogens with two attached hydrogens (primary N) is 1. The van der Waals surface area contributed by atoms with E-state index in [1.165, 1.54) is 11.5 Å². The number of hydrogen-bond donors (Lipinski definition) is 2. The fourth-order valence-electron chi connectivity index (χ4n) is 1.22. The zero-order valence-electron chi connectivity index (χ0n) is 9.61. The zero-order valence-corrected chi connectivity index (χ0v) is 10.4. The smallest absolute Gasteiger partial charge is 0.257 e. The number of nitrogen functional groups attached to an aromatic ring is 1. The van der Waals surface area contributed by atoms with Crippen LogP contribution < -0.4 is 16.0 Å².